The topological polar surface area (TPSA) is 89.8 Å². The molecule has 0 aliphatic heterocycles. The lowest BCUT2D eigenvalue weighted by atomic mass is 9.89. The molecule has 1 aliphatic carbocycles. The number of amides is 1. The van der Waals surface area contributed by atoms with E-state index in [2.05, 4.69) is 27.4 Å². The zero-order valence-electron chi connectivity index (χ0n) is 13.9. The highest BCUT2D eigenvalue weighted by atomic mass is 32.1. The highest BCUT2D eigenvalue weighted by Crippen LogP contribution is 2.35. The number of fused-ring (bicyclic) bond motifs is 3. The van der Waals surface area contributed by atoms with Gasteiger partial charge < -0.3 is 0 Å². The fourth-order valence-electron chi connectivity index (χ4n) is 3.14. The van der Waals surface area contributed by atoms with Crippen molar-refractivity contribution in [2.75, 3.05) is 5.32 Å². The predicted octanol–water partition coefficient (Wildman–Crippen LogP) is 2.38. The molecule has 9 heteroatoms. The summed E-state index contributed by atoms with van der Waals surface area (Å²) >= 11 is 2.91. The van der Waals surface area contributed by atoms with Gasteiger partial charge in [0.15, 0.2) is 0 Å². The van der Waals surface area contributed by atoms with Gasteiger partial charge in [0, 0.05) is 4.88 Å². The molecule has 3 aromatic heterocycles. The van der Waals surface area contributed by atoms with Crippen LogP contribution in [0.2, 0.25) is 0 Å². The molecule has 1 atom stereocenters. The minimum atomic E-state index is -0.308. The van der Waals surface area contributed by atoms with E-state index in [1.807, 2.05) is 6.92 Å². The lowest BCUT2D eigenvalue weighted by molar-refractivity contribution is -0.116. The molecule has 7 nitrogen and oxygen atoms in total. The first-order valence-electron chi connectivity index (χ1n) is 8.11. The Kier molecular flexibility index (Phi) is 4.12. The van der Waals surface area contributed by atoms with Crippen LogP contribution in [0.15, 0.2) is 11.1 Å². The van der Waals surface area contributed by atoms with Crippen LogP contribution in [0.4, 0.5) is 5.13 Å². The molecule has 0 bridgehead atoms. The van der Waals surface area contributed by atoms with Crippen LogP contribution in [0.1, 0.15) is 28.8 Å². The molecule has 25 heavy (non-hydrogen) atoms. The van der Waals surface area contributed by atoms with Crippen molar-refractivity contribution in [1.82, 2.24) is 19.7 Å². The second-order valence-corrected chi connectivity index (χ2v) is 8.65. The lowest BCUT2D eigenvalue weighted by Crippen LogP contribution is -2.28. The Bertz CT molecular complexity index is 1020. The minimum absolute atomic E-state index is 0.0819. The molecule has 0 spiro atoms. The Labute approximate surface area is 151 Å². The van der Waals surface area contributed by atoms with Crippen LogP contribution < -0.4 is 10.9 Å². The summed E-state index contributed by atoms with van der Waals surface area (Å²) in [7, 11) is 0. The quantitative estimate of drug-likeness (QED) is 0.759. The molecule has 1 aliphatic rings. The Morgan fingerprint density at radius 1 is 1.40 bits per heavy atom. The Morgan fingerprint density at radius 3 is 3.00 bits per heavy atom. The zero-order valence-corrected chi connectivity index (χ0v) is 15.5. The third-order valence-corrected chi connectivity index (χ3v) is 6.29. The van der Waals surface area contributed by atoms with Gasteiger partial charge in [-0.2, -0.15) is 0 Å². The molecule has 4 rings (SSSR count). The van der Waals surface area contributed by atoms with Crippen molar-refractivity contribution < 1.29 is 4.79 Å². The van der Waals surface area contributed by atoms with E-state index in [-0.39, 0.29) is 18.0 Å². The highest BCUT2D eigenvalue weighted by molar-refractivity contribution is 7.18. The van der Waals surface area contributed by atoms with Gasteiger partial charge in [-0.25, -0.2) is 4.98 Å². The van der Waals surface area contributed by atoms with Crippen LogP contribution in [0.3, 0.4) is 0 Å². The number of carbonyl (C=O) groups is 1. The summed E-state index contributed by atoms with van der Waals surface area (Å²) in [5, 5.41) is 12.3. The van der Waals surface area contributed by atoms with Gasteiger partial charge in [0.2, 0.25) is 11.0 Å². The van der Waals surface area contributed by atoms with Crippen LogP contribution in [-0.4, -0.2) is 25.7 Å². The maximum atomic E-state index is 12.9. The molecule has 0 fully saturated rings. The van der Waals surface area contributed by atoms with Gasteiger partial charge in [-0.15, -0.1) is 21.5 Å². The maximum Gasteiger partial charge on any atom is 0.262 e. The lowest BCUT2D eigenvalue weighted by Gasteiger charge is -2.17. The van der Waals surface area contributed by atoms with E-state index < -0.39 is 0 Å². The molecular weight excluding hydrogens is 358 g/mol. The van der Waals surface area contributed by atoms with Crippen molar-refractivity contribution in [3.05, 3.63) is 32.1 Å². The largest absolute Gasteiger partial charge is 0.299 e. The molecule has 1 amide bonds. The van der Waals surface area contributed by atoms with Crippen molar-refractivity contribution in [3.63, 3.8) is 0 Å². The van der Waals surface area contributed by atoms with Gasteiger partial charge >= 0.3 is 0 Å². The molecule has 130 valence electrons. The standard InChI is InChI=1S/C16H17N5O2S2/c1-8-3-4-10-11(5-8)25-14-13(10)15(23)21(7-17-14)6-12(22)18-16-20-19-9(2)24-16/h7-8H,3-6H2,1-2H3,(H,18,20,22). The number of aromatic nitrogens is 4. The van der Waals surface area contributed by atoms with Crippen LogP contribution in [0.5, 0.6) is 0 Å². The molecular formula is C16H17N5O2S2. The number of thiophene rings is 1. The van der Waals surface area contributed by atoms with Crippen molar-refractivity contribution in [2.45, 2.75) is 39.7 Å². The van der Waals surface area contributed by atoms with Gasteiger partial charge in [-0.1, -0.05) is 18.3 Å². The molecule has 3 aromatic rings. The van der Waals surface area contributed by atoms with E-state index in [4.69, 9.17) is 0 Å². The first-order chi connectivity index (χ1) is 12.0. The summed E-state index contributed by atoms with van der Waals surface area (Å²) in [5.74, 6) is 0.334. The van der Waals surface area contributed by atoms with Gasteiger partial charge in [-0.3, -0.25) is 19.5 Å². The Morgan fingerprint density at radius 2 is 2.24 bits per heavy atom. The van der Waals surface area contributed by atoms with Gasteiger partial charge in [0.1, 0.15) is 16.4 Å². The average molecular weight is 375 g/mol. The Hall–Kier alpha value is -2.13. The van der Waals surface area contributed by atoms with Crippen molar-refractivity contribution in [1.29, 1.82) is 0 Å². The molecule has 0 radical (unpaired) electrons. The van der Waals surface area contributed by atoms with Crippen molar-refractivity contribution >= 4 is 43.9 Å². The molecule has 0 saturated carbocycles. The van der Waals surface area contributed by atoms with Gasteiger partial charge in [0.05, 0.1) is 11.7 Å². The first-order valence-corrected chi connectivity index (χ1v) is 9.74. The number of carbonyl (C=O) groups excluding carboxylic acids is 1. The summed E-state index contributed by atoms with van der Waals surface area (Å²) in [5.41, 5.74) is 0.991. The number of hydrogen-bond acceptors (Lipinski definition) is 7. The molecule has 0 saturated heterocycles. The Balaban J connectivity index is 1.63. The predicted molar refractivity (Wildman–Crippen MR) is 98.3 cm³/mol. The number of hydrogen-bond donors (Lipinski definition) is 1. The average Bonchev–Trinajstić information content (AvgIpc) is 3.13. The summed E-state index contributed by atoms with van der Waals surface area (Å²) in [6, 6.07) is 0. The third-order valence-electron chi connectivity index (χ3n) is 4.37. The normalized spacial score (nSPS) is 16.8. The number of anilines is 1. The van der Waals surface area contributed by atoms with Gasteiger partial charge in [-0.05, 0) is 37.7 Å². The minimum Gasteiger partial charge on any atom is -0.299 e. The molecule has 3 heterocycles. The third kappa shape index (κ3) is 3.09. The van der Waals surface area contributed by atoms with Gasteiger partial charge in [0.25, 0.3) is 5.56 Å². The second-order valence-electron chi connectivity index (χ2n) is 6.38. The summed E-state index contributed by atoms with van der Waals surface area (Å²) in [4.78, 5) is 31.5. The molecule has 1 unspecified atom stereocenters. The summed E-state index contributed by atoms with van der Waals surface area (Å²) in [6.07, 6.45) is 4.46. The summed E-state index contributed by atoms with van der Waals surface area (Å²) < 4.78 is 1.37. The zero-order chi connectivity index (χ0) is 17.6. The van der Waals surface area contributed by atoms with E-state index in [0.717, 1.165) is 34.7 Å². The number of aryl methyl sites for hydroxylation is 2. The monoisotopic (exact) mass is 375 g/mol. The fourth-order valence-corrected chi connectivity index (χ4v) is 5.09. The first kappa shape index (κ1) is 16.3. The van der Waals surface area contributed by atoms with Crippen LogP contribution in [-0.2, 0) is 24.2 Å². The number of nitrogens with one attached hydrogen (secondary N) is 1. The van der Waals surface area contributed by atoms with E-state index in [1.54, 1.807) is 11.3 Å². The van der Waals surface area contributed by atoms with Crippen LogP contribution >= 0.6 is 22.7 Å². The molecule has 1 N–H and O–H groups in total. The van der Waals surface area contributed by atoms with E-state index in [1.165, 1.54) is 27.1 Å². The van der Waals surface area contributed by atoms with Crippen LogP contribution in [0, 0.1) is 12.8 Å². The number of nitrogens with zero attached hydrogens (tertiary/aromatic N) is 4. The van der Waals surface area contributed by atoms with E-state index in [0.29, 0.717) is 16.4 Å². The maximum absolute atomic E-state index is 12.9. The van der Waals surface area contributed by atoms with Crippen LogP contribution in [0.25, 0.3) is 10.2 Å². The highest BCUT2D eigenvalue weighted by Gasteiger charge is 2.23. The van der Waals surface area contributed by atoms with Crippen molar-refractivity contribution in [2.24, 2.45) is 5.92 Å². The SMILES string of the molecule is Cc1nnc(NC(=O)Cn2cnc3sc4c(c3c2=O)CCC(C)C4)s1. The summed E-state index contributed by atoms with van der Waals surface area (Å²) in [6.45, 7) is 3.97. The number of rotatable bonds is 3. The van der Waals surface area contributed by atoms with Crippen molar-refractivity contribution in [3.8, 4) is 0 Å². The van der Waals surface area contributed by atoms with E-state index in [9.17, 15) is 9.59 Å². The van der Waals surface area contributed by atoms with E-state index >= 15 is 0 Å². The second kappa shape index (κ2) is 6.30. The molecule has 0 aromatic carbocycles. The fraction of sp³-hybridized carbons (Fsp3) is 0.438. The smallest absolute Gasteiger partial charge is 0.262 e.